The zero-order valence-electron chi connectivity index (χ0n) is 12.0. The monoisotopic (exact) mass is 348 g/mol. The number of ether oxygens (including phenoxy) is 3. The molecule has 1 N–H and O–H groups in total. The van der Waals surface area contributed by atoms with Gasteiger partial charge < -0.3 is 19.3 Å². The van der Waals surface area contributed by atoms with E-state index >= 15 is 0 Å². The number of esters is 1. The molecule has 0 amide bonds. The summed E-state index contributed by atoms with van der Waals surface area (Å²) in [7, 11) is 0. The van der Waals surface area contributed by atoms with Crippen molar-refractivity contribution in [2.24, 2.45) is 5.92 Å². The third kappa shape index (κ3) is 5.02. The predicted octanol–water partition coefficient (Wildman–Crippen LogP) is 2.70. The van der Waals surface area contributed by atoms with Gasteiger partial charge in [-0.1, -0.05) is 23.2 Å². The summed E-state index contributed by atoms with van der Waals surface area (Å²) in [5, 5.41) is 10.8. The summed E-state index contributed by atoms with van der Waals surface area (Å²) in [5.74, 6) is -0.266. The van der Waals surface area contributed by atoms with E-state index in [9.17, 15) is 9.90 Å². The summed E-state index contributed by atoms with van der Waals surface area (Å²) >= 11 is 11.7. The van der Waals surface area contributed by atoms with Crippen LogP contribution >= 0.6 is 23.2 Å². The van der Waals surface area contributed by atoms with Crippen molar-refractivity contribution in [1.82, 2.24) is 0 Å². The molecule has 0 bridgehead atoms. The van der Waals surface area contributed by atoms with Crippen molar-refractivity contribution in [1.29, 1.82) is 0 Å². The van der Waals surface area contributed by atoms with Crippen LogP contribution in [0.5, 0.6) is 5.75 Å². The van der Waals surface area contributed by atoms with Crippen molar-refractivity contribution in [2.75, 3.05) is 26.4 Å². The maximum atomic E-state index is 11.8. The van der Waals surface area contributed by atoms with Gasteiger partial charge in [-0.05, 0) is 37.0 Å². The Kier molecular flexibility index (Phi) is 6.76. The second-order valence-corrected chi connectivity index (χ2v) is 5.83. The van der Waals surface area contributed by atoms with Crippen LogP contribution in [0.2, 0.25) is 10.0 Å². The fraction of sp³-hybridized carbons (Fsp3) is 0.533. The average molecular weight is 349 g/mol. The van der Waals surface area contributed by atoms with Crippen LogP contribution in [0.4, 0.5) is 0 Å². The van der Waals surface area contributed by atoms with E-state index in [1.54, 1.807) is 18.2 Å². The second-order valence-electron chi connectivity index (χ2n) is 4.99. The Morgan fingerprint density at radius 1 is 1.32 bits per heavy atom. The highest BCUT2D eigenvalue weighted by Gasteiger charge is 2.28. The van der Waals surface area contributed by atoms with Crippen LogP contribution < -0.4 is 4.74 Å². The third-order valence-electron chi connectivity index (χ3n) is 3.43. The number of aliphatic hydroxyl groups excluding tert-OH is 1. The molecular formula is C15H18Cl2O5. The van der Waals surface area contributed by atoms with Crippen molar-refractivity contribution in [3.63, 3.8) is 0 Å². The summed E-state index contributed by atoms with van der Waals surface area (Å²) in [6, 6.07) is 4.87. The Bertz CT molecular complexity index is 503. The summed E-state index contributed by atoms with van der Waals surface area (Å²) in [6.07, 6.45) is 0.211. The molecule has 1 unspecified atom stereocenters. The number of hydrogen-bond acceptors (Lipinski definition) is 5. The van der Waals surface area contributed by atoms with Gasteiger partial charge in [0.1, 0.15) is 19.0 Å². The number of carbonyl (C=O) groups excluding carboxylic acids is 1. The highest BCUT2D eigenvalue weighted by Crippen LogP contribution is 2.27. The summed E-state index contributed by atoms with van der Waals surface area (Å²) in [4.78, 5) is 11.8. The summed E-state index contributed by atoms with van der Waals surface area (Å²) in [6.45, 7) is 1.31. The van der Waals surface area contributed by atoms with Gasteiger partial charge in [-0.15, -0.1) is 0 Å². The van der Waals surface area contributed by atoms with Crippen LogP contribution in [0.15, 0.2) is 18.2 Å². The molecule has 1 heterocycles. The first-order valence-corrected chi connectivity index (χ1v) is 7.84. The molecule has 0 saturated carbocycles. The minimum Gasteiger partial charge on any atom is -0.488 e. The molecule has 1 aromatic carbocycles. The Hall–Kier alpha value is -1.01. The Morgan fingerprint density at radius 2 is 2.05 bits per heavy atom. The van der Waals surface area contributed by atoms with Gasteiger partial charge in [0.15, 0.2) is 6.10 Å². The standard InChI is InChI=1S/C15H18Cl2O5/c16-11-1-2-13(12(17)9-11)21-7-8-22-15(19)14(18)10-3-5-20-6-4-10/h1-2,9-10,14,18H,3-8H2. The molecule has 22 heavy (non-hydrogen) atoms. The van der Waals surface area contributed by atoms with Gasteiger partial charge in [-0.3, -0.25) is 0 Å². The highest BCUT2D eigenvalue weighted by atomic mass is 35.5. The van der Waals surface area contributed by atoms with Crippen LogP contribution in [-0.4, -0.2) is 43.6 Å². The largest absolute Gasteiger partial charge is 0.488 e. The van der Waals surface area contributed by atoms with E-state index in [2.05, 4.69) is 0 Å². The first-order valence-electron chi connectivity index (χ1n) is 7.08. The van der Waals surface area contributed by atoms with Crippen molar-refractivity contribution >= 4 is 29.2 Å². The minimum absolute atomic E-state index is 0.0398. The second kappa shape index (κ2) is 8.58. The van der Waals surface area contributed by atoms with E-state index in [4.69, 9.17) is 37.4 Å². The molecule has 1 aliphatic rings. The topological polar surface area (TPSA) is 65.0 Å². The quantitative estimate of drug-likeness (QED) is 0.632. The summed E-state index contributed by atoms with van der Waals surface area (Å²) < 4.78 is 15.6. The molecule has 1 aromatic rings. The number of rotatable bonds is 6. The van der Waals surface area contributed by atoms with E-state index in [0.29, 0.717) is 41.9 Å². The lowest BCUT2D eigenvalue weighted by Gasteiger charge is -2.25. The van der Waals surface area contributed by atoms with Gasteiger partial charge in [0.05, 0.1) is 5.02 Å². The maximum absolute atomic E-state index is 11.8. The van der Waals surface area contributed by atoms with Crippen LogP contribution in [-0.2, 0) is 14.3 Å². The number of carbonyl (C=O) groups is 1. The molecular weight excluding hydrogens is 331 g/mol. The van der Waals surface area contributed by atoms with E-state index in [0.717, 1.165) is 0 Å². The summed E-state index contributed by atoms with van der Waals surface area (Å²) in [5.41, 5.74) is 0. The molecule has 2 rings (SSSR count). The highest BCUT2D eigenvalue weighted by molar-refractivity contribution is 6.35. The van der Waals surface area contributed by atoms with E-state index < -0.39 is 12.1 Å². The minimum atomic E-state index is -1.11. The molecule has 1 atom stereocenters. The van der Waals surface area contributed by atoms with Crippen LogP contribution in [0.25, 0.3) is 0 Å². The zero-order chi connectivity index (χ0) is 15.9. The lowest BCUT2D eigenvalue weighted by molar-refractivity contribution is -0.159. The van der Waals surface area contributed by atoms with Gasteiger partial charge in [-0.2, -0.15) is 0 Å². The van der Waals surface area contributed by atoms with Gasteiger partial charge in [0.25, 0.3) is 0 Å². The number of aliphatic hydroxyl groups is 1. The smallest absolute Gasteiger partial charge is 0.335 e. The number of benzene rings is 1. The van der Waals surface area contributed by atoms with Crippen molar-refractivity contribution < 1.29 is 24.1 Å². The molecule has 0 aliphatic carbocycles. The van der Waals surface area contributed by atoms with Crippen molar-refractivity contribution in [3.05, 3.63) is 28.2 Å². The van der Waals surface area contributed by atoms with Gasteiger partial charge in [0, 0.05) is 18.2 Å². The fourth-order valence-electron chi connectivity index (χ4n) is 2.20. The molecule has 7 heteroatoms. The molecule has 1 saturated heterocycles. The molecule has 1 aliphatic heterocycles. The predicted molar refractivity (Wildman–Crippen MR) is 82.5 cm³/mol. The third-order valence-corrected chi connectivity index (χ3v) is 3.96. The van der Waals surface area contributed by atoms with E-state index in [1.807, 2.05) is 0 Å². The maximum Gasteiger partial charge on any atom is 0.335 e. The van der Waals surface area contributed by atoms with Crippen LogP contribution in [0, 0.1) is 5.92 Å². The molecule has 1 fully saturated rings. The van der Waals surface area contributed by atoms with E-state index in [1.165, 1.54) is 0 Å². The van der Waals surface area contributed by atoms with Crippen LogP contribution in [0.1, 0.15) is 12.8 Å². The SMILES string of the molecule is O=C(OCCOc1ccc(Cl)cc1Cl)C(O)C1CCOCC1. The van der Waals surface area contributed by atoms with Gasteiger partial charge in [-0.25, -0.2) is 4.79 Å². The normalized spacial score (nSPS) is 17.0. The number of halogens is 2. The molecule has 0 spiro atoms. The van der Waals surface area contributed by atoms with Crippen LogP contribution in [0.3, 0.4) is 0 Å². The average Bonchev–Trinajstić information content (AvgIpc) is 2.53. The molecule has 122 valence electrons. The fourth-order valence-corrected chi connectivity index (χ4v) is 2.66. The van der Waals surface area contributed by atoms with Crippen molar-refractivity contribution in [3.8, 4) is 5.75 Å². The van der Waals surface area contributed by atoms with Gasteiger partial charge >= 0.3 is 5.97 Å². The Morgan fingerprint density at radius 3 is 2.73 bits per heavy atom. The zero-order valence-corrected chi connectivity index (χ0v) is 13.5. The lowest BCUT2D eigenvalue weighted by Crippen LogP contribution is -2.35. The first-order chi connectivity index (χ1) is 10.6. The van der Waals surface area contributed by atoms with Gasteiger partial charge in [0.2, 0.25) is 0 Å². The number of hydrogen-bond donors (Lipinski definition) is 1. The molecule has 5 nitrogen and oxygen atoms in total. The lowest BCUT2D eigenvalue weighted by atomic mass is 9.94. The first kappa shape index (κ1) is 17.3. The molecule has 0 radical (unpaired) electrons. The molecule has 0 aromatic heterocycles. The Balaban J connectivity index is 1.70. The van der Waals surface area contributed by atoms with E-state index in [-0.39, 0.29) is 19.1 Å². The Labute approximate surface area is 139 Å². The van der Waals surface area contributed by atoms with Crippen molar-refractivity contribution in [2.45, 2.75) is 18.9 Å².